The van der Waals surface area contributed by atoms with Gasteiger partial charge in [-0.3, -0.25) is 0 Å². The van der Waals surface area contributed by atoms with Gasteiger partial charge >= 0.3 is 0 Å². The van der Waals surface area contributed by atoms with Crippen molar-refractivity contribution in [2.45, 2.75) is 26.3 Å². The number of aliphatic hydroxyl groups is 1. The summed E-state index contributed by atoms with van der Waals surface area (Å²) < 4.78 is 13.4. The fourth-order valence-electron chi connectivity index (χ4n) is 2.52. The van der Waals surface area contributed by atoms with Crippen LogP contribution in [0.25, 0.3) is 0 Å². The first-order valence-electron chi connectivity index (χ1n) is 5.97. The third-order valence-corrected chi connectivity index (χ3v) is 3.69. The van der Waals surface area contributed by atoms with Crippen molar-refractivity contribution in [2.24, 2.45) is 5.92 Å². The van der Waals surface area contributed by atoms with E-state index < -0.39 is 0 Å². The molecule has 0 aromatic heterocycles. The highest BCUT2D eigenvalue weighted by Gasteiger charge is 2.31. The molecule has 17 heavy (non-hydrogen) atoms. The first kappa shape index (κ1) is 12.2. The summed E-state index contributed by atoms with van der Waals surface area (Å²) >= 11 is 0. The van der Waals surface area contributed by atoms with Gasteiger partial charge < -0.3 is 15.7 Å². The Morgan fingerprint density at radius 3 is 2.88 bits per heavy atom. The minimum absolute atomic E-state index is 0.0853. The highest BCUT2D eigenvalue weighted by Crippen LogP contribution is 2.34. The number of rotatable bonds is 2. The van der Waals surface area contributed by atoms with Crippen LogP contribution in [0.1, 0.15) is 18.9 Å². The van der Waals surface area contributed by atoms with Gasteiger partial charge in [0.1, 0.15) is 5.82 Å². The number of hydrogen-bond acceptors (Lipinski definition) is 3. The van der Waals surface area contributed by atoms with Crippen LogP contribution in [0.3, 0.4) is 0 Å². The SMILES string of the molecule is Cc1cc(N2CCC(C)C2CO)c(N)cc1F. The number of nitrogens with two attached hydrogens (primary N) is 1. The van der Waals surface area contributed by atoms with E-state index in [0.717, 1.165) is 18.7 Å². The van der Waals surface area contributed by atoms with Gasteiger partial charge in [-0.15, -0.1) is 0 Å². The highest BCUT2D eigenvalue weighted by molar-refractivity contribution is 5.69. The zero-order valence-electron chi connectivity index (χ0n) is 10.3. The van der Waals surface area contributed by atoms with Gasteiger partial charge in [0.2, 0.25) is 0 Å². The zero-order chi connectivity index (χ0) is 12.6. The van der Waals surface area contributed by atoms with Crippen molar-refractivity contribution < 1.29 is 9.50 Å². The fraction of sp³-hybridized carbons (Fsp3) is 0.538. The van der Waals surface area contributed by atoms with Crippen molar-refractivity contribution in [1.82, 2.24) is 0 Å². The molecule has 4 heteroatoms. The molecule has 2 rings (SSSR count). The van der Waals surface area contributed by atoms with Crippen molar-refractivity contribution >= 4 is 11.4 Å². The molecule has 3 N–H and O–H groups in total. The number of anilines is 2. The Morgan fingerprint density at radius 1 is 1.53 bits per heavy atom. The zero-order valence-corrected chi connectivity index (χ0v) is 10.3. The molecule has 1 aromatic rings. The van der Waals surface area contributed by atoms with Gasteiger partial charge in [0, 0.05) is 6.54 Å². The van der Waals surface area contributed by atoms with Crippen LogP contribution < -0.4 is 10.6 Å². The van der Waals surface area contributed by atoms with E-state index in [2.05, 4.69) is 11.8 Å². The number of nitrogen functional groups attached to an aromatic ring is 1. The summed E-state index contributed by atoms with van der Waals surface area (Å²) in [6, 6.07) is 3.22. The third kappa shape index (κ3) is 2.09. The number of aryl methyl sites for hydroxylation is 1. The Kier molecular flexibility index (Phi) is 3.24. The quantitative estimate of drug-likeness (QED) is 0.774. The maximum atomic E-state index is 13.4. The second-order valence-corrected chi connectivity index (χ2v) is 4.87. The Bertz CT molecular complexity index is 422. The van der Waals surface area contributed by atoms with E-state index in [4.69, 9.17) is 5.73 Å². The Balaban J connectivity index is 2.37. The van der Waals surface area contributed by atoms with Gasteiger partial charge in [-0.2, -0.15) is 0 Å². The number of aliphatic hydroxyl groups excluding tert-OH is 1. The molecule has 0 amide bonds. The average molecular weight is 238 g/mol. The number of nitrogens with zero attached hydrogens (tertiary/aromatic N) is 1. The summed E-state index contributed by atoms with van der Waals surface area (Å²) in [4.78, 5) is 2.09. The summed E-state index contributed by atoms with van der Waals surface area (Å²) in [5.74, 6) is 0.156. The number of hydrogen-bond donors (Lipinski definition) is 2. The summed E-state index contributed by atoms with van der Waals surface area (Å²) in [6.45, 7) is 4.82. The highest BCUT2D eigenvalue weighted by atomic mass is 19.1. The molecule has 0 radical (unpaired) electrons. The minimum atomic E-state index is -0.279. The van der Waals surface area contributed by atoms with Crippen molar-refractivity contribution in [3.8, 4) is 0 Å². The normalized spacial score (nSPS) is 24.4. The molecule has 0 aliphatic carbocycles. The molecule has 0 spiro atoms. The van der Waals surface area contributed by atoms with Gasteiger partial charge in [-0.25, -0.2) is 4.39 Å². The summed E-state index contributed by atoms with van der Waals surface area (Å²) in [6.07, 6.45) is 1.03. The Hall–Kier alpha value is -1.29. The minimum Gasteiger partial charge on any atom is -0.397 e. The van der Waals surface area contributed by atoms with Crippen LogP contribution in [0, 0.1) is 18.7 Å². The van der Waals surface area contributed by atoms with E-state index in [1.165, 1.54) is 6.07 Å². The van der Waals surface area contributed by atoms with E-state index in [1.54, 1.807) is 13.0 Å². The van der Waals surface area contributed by atoms with Crippen LogP contribution in [0.4, 0.5) is 15.8 Å². The van der Waals surface area contributed by atoms with Crippen LogP contribution >= 0.6 is 0 Å². The smallest absolute Gasteiger partial charge is 0.128 e. The molecule has 1 aromatic carbocycles. The van der Waals surface area contributed by atoms with E-state index >= 15 is 0 Å². The van der Waals surface area contributed by atoms with Crippen LogP contribution in [0.2, 0.25) is 0 Å². The molecule has 0 bridgehead atoms. The number of halogens is 1. The fourth-order valence-corrected chi connectivity index (χ4v) is 2.52. The lowest BCUT2D eigenvalue weighted by Gasteiger charge is -2.28. The lowest BCUT2D eigenvalue weighted by atomic mass is 10.0. The largest absolute Gasteiger partial charge is 0.397 e. The molecule has 2 atom stereocenters. The maximum Gasteiger partial charge on any atom is 0.128 e. The van der Waals surface area contributed by atoms with Crippen LogP contribution in [-0.4, -0.2) is 24.3 Å². The van der Waals surface area contributed by atoms with E-state index in [9.17, 15) is 9.50 Å². The first-order valence-corrected chi connectivity index (χ1v) is 5.97. The van der Waals surface area contributed by atoms with Gasteiger partial charge in [0.15, 0.2) is 0 Å². The standard InChI is InChI=1S/C13H19FN2O/c1-8-3-4-16(13(8)7-17)12-5-9(2)10(14)6-11(12)15/h5-6,8,13,17H,3-4,7,15H2,1-2H3. The predicted molar refractivity (Wildman–Crippen MR) is 67.6 cm³/mol. The van der Waals surface area contributed by atoms with Gasteiger partial charge in [-0.05, 0) is 37.0 Å². The lowest BCUT2D eigenvalue weighted by Crippen LogP contribution is -2.35. The molecule has 1 heterocycles. The molecular weight excluding hydrogens is 219 g/mol. The van der Waals surface area contributed by atoms with Gasteiger partial charge in [0.25, 0.3) is 0 Å². The molecule has 1 fully saturated rings. The number of benzene rings is 1. The van der Waals surface area contributed by atoms with Crippen molar-refractivity contribution in [1.29, 1.82) is 0 Å². The van der Waals surface area contributed by atoms with Crippen LogP contribution in [0.5, 0.6) is 0 Å². The molecule has 2 unspecified atom stereocenters. The Labute approximate surface area is 101 Å². The monoisotopic (exact) mass is 238 g/mol. The van der Waals surface area contributed by atoms with Crippen molar-refractivity contribution in [3.05, 3.63) is 23.5 Å². The van der Waals surface area contributed by atoms with E-state index in [0.29, 0.717) is 17.2 Å². The topological polar surface area (TPSA) is 49.5 Å². The van der Waals surface area contributed by atoms with E-state index in [1.807, 2.05) is 0 Å². The van der Waals surface area contributed by atoms with Gasteiger partial charge in [-0.1, -0.05) is 6.92 Å². The lowest BCUT2D eigenvalue weighted by molar-refractivity contribution is 0.245. The molecule has 94 valence electrons. The summed E-state index contributed by atoms with van der Waals surface area (Å²) in [5.41, 5.74) is 7.74. The molecule has 1 aliphatic rings. The summed E-state index contributed by atoms with van der Waals surface area (Å²) in [5, 5.41) is 9.43. The van der Waals surface area contributed by atoms with Crippen molar-refractivity contribution in [3.63, 3.8) is 0 Å². The second kappa shape index (κ2) is 4.53. The second-order valence-electron chi connectivity index (χ2n) is 4.87. The van der Waals surface area contributed by atoms with Crippen LogP contribution in [-0.2, 0) is 0 Å². The predicted octanol–water partition coefficient (Wildman–Crippen LogP) is 1.92. The third-order valence-electron chi connectivity index (χ3n) is 3.69. The van der Waals surface area contributed by atoms with Gasteiger partial charge in [0.05, 0.1) is 24.0 Å². The molecule has 3 nitrogen and oxygen atoms in total. The average Bonchev–Trinajstić information content (AvgIpc) is 2.64. The molecule has 0 saturated carbocycles. The Morgan fingerprint density at radius 2 is 2.24 bits per heavy atom. The maximum absolute atomic E-state index is 13.4. The molecular formula is C13H19FN2O. The van der Waals surface area contributed by atoms with Crippen molar-refractivity contribution in [2.75, 3.05) is 23.8 Å². The molecule has 1 saturated heterocycles. The van der Waals surface area contributed by atoms with E-state index in [-0.39, 0.29) is 18.5 Å². The van der Waals surface area contributed by atoms with Crippen LogP contribution in [0.15, 0.2) is 12.1 Å². The summed E-state index contributed by atoms with van der Waals surface area (Å²) in [7, 11) is 0. The first-order chi connectivity index (χ1) is 8.04. The molecule has 1 aliphatic heterocycles.